The number of nitrogens with zero attached hydrogens (tertiary/aromatic N) is 4. The van der Waals surface area contributed by atoms with Crippen molar-refractivity contribution in [3.63, 3.8) is 0 Å². The normalized spacial score (nSPS) is 19.4. The highest BCUT2D eigenvalue weighted by Gasteiger charge is 2.49. The summed E-state index contributed by atoms with van der Waals surface area (Å²) in [6, 6.07) is 7.22. The van der Waals surface area contributed by atoms with E-state index in [0.29, 0.717) is 24.5 Å². The lowest BCUT2D eigenvalue weighted by molar-refractivity contribution is -0.152. The molecule has 0 N–H and O–H groups in total. The van der Waals surface area contributed by atoms with E-state index in [-0.39, 0.29) is 41.7 Å². The largest absolute Gasteiger partial charge is 0.342 e. The number of aromatic nitrogens is 1. The molecule has 10 heteroatoms. The van der Waals surface area contributed by atoms with E-state index in [1.807, 2.05) is 0 Å². The molecule has 0 spiro atoms. The number of rotatable bonds is 5. The van der Waals surface area contributed by atoms with Crippen molar-refractivity contribution in [3.05, 3.63) is 58.0 Å². The summed E-state index contributed by atoms with van der Waals surface area (Å²) in [5.74, 6) is -2.04. The smallest absolute Gasteiger partial charge is 0.251 e. The van der Waals surface area contributed by atoms with Crippen molar-refractivity contribution in [2.45, 2.75) is 25.9 Å². The first-order valence-corrected chi connectivity index (χ1v) is 11.0. The van der Waals surface area contributed by atoms with Crippen molar-refractivity contribution >= 4 is 46.7 Å². The minimum atomic E-state index is -0.843. The molecule has 0 saturated carbocycles. The van der Waals surface area contributed by atoms with E-state index in [1.54, 1.807) is 36.1 Å². The third-order valence-corrected chi connectivity index (χ3v) is 6.25. The topological polar surface area (TPSA) is 73.8 Å². The Bertz CT molecular complexity index is 1060. The summed E-state index contributed by atoms with van der Waals surface area (Å²) in [5.41, 5.74) is 0.811. The van der Waals surface area contributed by atoms with Gasteiger partial charge in [-0.15, -0.1) is 0 Å². The second-order valence-corrected chi connectivity index (χ2v) is 8.76. The summed E-state index contributed by atoms with van der Waals surface area (Å²) in [6.45, 7) is 2.36. The zero-order valence-electron chi connectivity index (χ0n) is 17.3. The van der Waals surface area contributed by atoms with Crippen LogP contribution < -0.4 is 4.90 Å². The molecule has 0 radical (unpaired) electrons. The number of amides is 3. The summed E-state index contributed by atoms with van der Waals surface area (Å²) in [6.07, 6.45) is 1.60. The highest BCUT2D eigenvalue weighted by atomic mass is 35.5. The van der Waals surface area contributed by atoms with Gasteiger partial charge in [0.05, 0.1) is 5.02 Å². The van der Waals surface area contributed by atoms with Crippen molar-refractivity contribution < 1.29 is 18.8 Å². The molecule has 4 rings (SSSR count). The van der Waals surface area contributed by atoms with E-state index in [0.717, 1.165) is 16.5 Å². The number of carbonyl (C=O) groups is 3. The van der Waals surface area contributed by atoms with Crippen LogP contribution in [0.2, 0.25) is 10.0 Å². The van der Waals surface area contributed by atoms with E-state index in [9.17, 15) is 18.8 Å². The molecule has 168 valence electrons. The van der Waals surface area contributed by atoms with Crippen LogP contribution >= 0.6 is 23.2 Å². The second-order valence-electron chi connectivity index (χ2n) is 7.89. The summed E-state index contributed by atoms with van der Waals surface area (Å²) >= 11 is 11.7. The Morgan fingerprint density at radius 1 is 1.16 bits per heavy atom. The van der Waals surface area contributed by atoms with Gasteiger partial charge in [0.1, 0.15) is 12.6 Å². The third kappa shape index (κ3) is 4.29. The SMILES string of the molecule is CCC(=O)N1CC(C2C(=O)N(c3ncc(Cl)cc3F)CC(=O)N2Cc2ccc(Cl)cc2)C1. The van der Waals surface area contributed by atoms with Crippen LogP contribution in [0.1, 0.15) is 18.9 Å². The molecule has 2 saturated heterocycles. The second kappa shape index (κ2) is 9.03. The standard InChI is InChI=1S/C22H21Cl2FN4O3/c1-2-18(30)27-10-14(11-27)20-22(32)29(21-17(25)7-16(24)8-26-21)12-19(31)28(20)9-13-3-5-15(23)6-4-13/h3-8,14,20H,2,9-12H2,1H3. The van der Waals surface area contributed by atoms with Crippen molar-refractivity contribution in [1.82, 2.24) is 14.8 Å². The van der Waals surface area contributed by atoms with Crippen molar-refractivity contribution in [2.24, 2.45) is 5.92 Å². The van der Waals surface area contributed by atoms with E-state index in [1.165, 1.54) is 11.1 Å². The number of likely N-dealkylation sites (tertiary alicyclic amines) is 1. The number of hydrogen-bond acceptors (Lipinski definition) is 4. The predicted molar refractivity (Wildman–Crippen MR) is 118 cm³/mol. The summed E-state index contributed by atoms with van der Waals surface area (Å²) < 4.78 is 14.5. The van der Waals surface area contributed by atoms with Gasteiger partial charge in [0.15, 0.2) is 11.6 Å². The monoisotopic (exact) mass is 478 g/mol. The molecule has 7 nitrogen and oxygen atoms in total. The van der Waals surface area contributed by atoms with Gasteiger partial charge in [0.2, 0.25) is 11.8 Å². The molecule has 2 aromatic rings. The molecular formula is C22H21Cl2FN4O3. The molecule has 2 aliphatic heterocycles. The fourth-order valence-corrected chi connectivity index (χ4v) is 4.38. The van der Waals surface area contributed by atoms with Crippen LogP contribution in [0, 0.1) is 11.7 Å². The molecule has 3 heterocycles. The zero-order valence-corrected chi connectivity index (χ0v) is 18.8. The van der Waals surface area contributed by atoms with E-state index < -0.39 is 17.8 Å². The average Bonchev–Trinajstić information content (AvgIpc) is 2.73. The summed E-state index contributed by atoms with van der Waals surface area (Å²) in [7, 11) is 0. The van der Waals surface area contributed by atoms with Gasteiger partial charge in [-0.05, 0) is 23.8 Å². The molecule has 0 aliphatic carbocycles. The number of halogens is 3. The number of benzene rings is 1. The lowest BCUT2D eigenvalue weighted by Gasteiger charge is -2.49. The Morgan fingerprint density at radius 3 is 2.47 bits per heavy atom. The number of pyridine rings is 1. The van der Waals surface area contributed by atoms with Gasteiger partial charge in [0.25, 0.3) is 5.91 Å². The van der Waals surface area contributed by atoms with Gasteiger partial charge < -0.3 is 9.80 Å². The molecule has 1 unspecified atom stereocenters. The Hall–Kier alpha value is -2.71. The van der Waals surface area contributed by atoms with Gasteiger partial charge in [-0.25, -0.2) is 9.37 Å². The highest BCUT2D eigenvalue weighted by Crippen LogP contribution is 2.32. The Morgan fingerprint density at radius 2 is 1.84 bits per heavy atom. The molecular weight excluding hydrogens is 458 g/mol. The first-order chi connectivity index (χ1) is 15.3. The van der Waals surface area contributed by atoms with E-state index >= 15 is 0 Å². The Balaban J connectivity index is 1.64. The van der Waals surface area contributed by atoms with Crippen LogP contribution in [0.5, 0.6) is 0 Å². The molecule has 3 amide bonds. The van der Waals surface area contributed by atoms with Crippen LogP contribution in [0.25, 0.3) is 0 Å². The van der Waals surface area contributed by atoms with Crippen molar-refractivity contribution in [1.29, 1.82) is 0 Å². The predicted octanol–water partition coefficient (Wildman–Crippen LogP) is 3.14. The molecule has 1 atom stereocenters. The van der Waals surface area contributed by atoms with Crippen LogP contribution in [0.4, 0.5) is 10.2 Å². The van der Waals surface area contributed by atoms with Crippen LogP contribution in [0.3, 0.4) is 0 Å². The molecule has 0 bridgehead atoms. The van der Waals surface area contributed by atoms with Gasteiger partial charge in [-0.2, -0.15) is 0 Å². The molecule has 1 aromatic carbocycles. The molecule has 1 aromatic heterocycles. The van der Waals surface area contributed by atoms with Crippen LogP contribution in [0.15, 0.2) is 36.5 Å². The number of hydrogen-bond donors (Lipinski definition) is 0. The lowest BCUT2D eigenvalue weighted by Crippen LogP contribution is -2.68. The maximum absolute atomic E-state index is 14.5. The maximum Gasteiger partial charge on any atom is 0.251 e. The number of anilines is 1. The van der Waals surface area contributed by atoms with Gasteiger partial charge in [0, 0.05) is 43.2 Å². The first kappa shape index (κ1) is 22.5. The zero-order chi connectivity index (χ0) is 23.0. The lowest BCUT2D eigenvalue weighted by atomic mass is 9.87. The fraction of sp³-hybridized carbons (Fsp3) is 0.364. The average molecular weight is 479 g/mol. The van der Waals surface area contributed by atoms with Crippen LogP contribution in [-0.4, -0.2) is 58.2 Å². The fourth-order valence-electron chi connectivity index (χ4n) is 4.11. The first-order valence-electron chi connectivity index (χ1n) is 10.2. The summed E-state index contributed by atoms with van der Waals surface area (Å²) in [4.78, 5) is 46.8. The van der Waals surface area contributed by atoms with Crippen LogP contribution in [-0.2, 0) is 20.9 Å². The minimum absolute atomic E-state index is 0.0117. The molecule has 2 fully saturated rings. The van der Waals surface area contributed by atoms with E-state index in [2.05, 4.69) is 4.98 Å². The Kier molecular flexibility index (Phi) is 6.35. The molecule has 32 heavy (non-hydrogen) atoms. The third-order valence-electron chi connectivity index (χ3n) is 5.79. The number of carbonyl (C=O) groups excluding carboxylic acids is 3. The van der Waals surface area contributed by atoms with Crippen molar-refractivity contribution in [2.75, 3.05) is 24.5 Å². The Labute approximate surface area is 194 Å². The number of piperazine rings is 1. The highest BCUT2D eigenvalue weighted by molar-refractivity contribution is 6.30. The maximum atomic E-state index is 14.5. The van der Waals surface area contributed by atoms with Crippen molar-refractivity contribution in [3.8, 4) is 0 Å². The van der Waals surface area contributed by atoms with Gasteiger partial charge >= 0.3 is 0 Å². The minimum Gasteiger partial charge on any atom is -0.342 e. The summed E-state index contributed by atoms with van der Waals surface area (Å²) in [5, 5.41) is 0.658. The van der Waals surface area contributed by atoms with Gasteiger partial charge in [-0.1, -0.05) is 42.3 Å². The molecule has 2 aliphatic rings. The quantitative estimate of drug-likeness (QED) is 0.661. The van der Waals surface area contributed by atoms with E-state index in [4.69, 9.17) is 23.2 Å². The van der Waals surface area contributed by atoms with Gasteiger partial charge in [-0.3, -0.25) is 19.3 Å².